The van der Waals surface area contributed by atoms with Gasteiger partial charge in [0.05, 0.1) is 11.9 Å². The highest BCUT2D eigenvalue weighted by Gasteiger charge is 2.27. The van der Waals surface area contributed by atoms with Crippen molar-refractivity contribution in [2.45, 2.75) is 32.8 Å². The summed E-state index contributed by atoms with van der Waals surface area (Å²) >= 11 is 7.41. The van der Waals surface area contributed by atoms with Crippen molar-refractivity contribution in [3.8, 4) is 0 Å². The predicted octanol–water partition coefficient (Wildman–Crippen LogP) is 5.42. The van der Waals surface area contributed by atoms with Gasteiger partial charge in [0, 0.05) is 54.9 Å². The van der Waals surface area contributed by atoms with E-state index >= 15 is 0 Å². The molecule has 2 aromatic heterocycles. The maximum atomic E-state index is 13.0. The van der Waals surface area contributed by atoms with Crippen LogP contribution in [0, 0.1) is 0 Å². The largest absolute Gasteiger partial charge is 0.444 e. The molecule has 0 aliphatic carbocycles. The fourth-order valence-corrected chi connectivity index (χ4v) is 4.60. The number of benzene rings is 1. The zero-order chi connectivity index (χ0) is 25.0. The summed E-state index contributed by atoms with van der Waals surface area (Å²) in [5, 5.41) is 6.53. The number of piperazine rings is 1. The molecule has 0 unspecified atom stereocenters. The van der Waals surface area contributed by atoms with Crippen LogP contribution >= 0.6 is 22.9 Å². The maximum absolute atomic E-state index is 13.0. The number of ether oxygens (including phenoxy) is 1. The SMILES string of the molecule is CC(C)(C)OC(=O)N1CCN(c2nc(C(=O)Cc3ccncc3Nc3ccc(Cl)cc3)cs2)CC1. The number of carbonyl (C=O) groups excluding carboxylic acids is 2. The van der Waals surface area contributed by atoms with Gasteiger partial charge in [-0.3, -0.25) is 9.78 Å². The Kier molecular flexibility index (Phi) is 7.57. The second-order valence-corrected chi connectivity index (χ2v) is 10.5. The number of anilines is 3. The lowest BCUT2D eigenvalue weighted by molar-refractivity contribution is 0.0240. The molecule has 0 spiro atoms. The zero-order valence-corrected chi connectivity index (χ0v) is 21.5. The second kappa shape index (κ2) is 10.6. The Bertz CT molecular complexity index is 1180. The van der Waals surface area contributed by atoms with Gasteiger partial charge in [-0.1, -0.05) is 11.6 Å². The van der Waals surface area contributed by atoms with E-state index in [0.717, 1.165) is 22.1 Å². The molecule has 35 heavy (non-hydrogen) atoms. The Morgan fingerprint density at radius 1 is 1.11 bits per heavy atom. The molecule has 1 saturated heterocycles. The quantitative estimate of drug-likeness (QED) is 0.440. The van der Waals surface area contributed by atoms with Gasteiger partial charge in [0.15, 0.2) is 10.9 Å². The van der Waals surface area contributed by atoms with Crippen LogP contribution in [0.25, 0.3) is 0 Å². The van der Waals surface area contributed by atoms with Crippen molar-refractivity contribution in [2.24, 2.45) is 0 Å². The molecule has 1 amide bonds. The molecular formula is C25H28ClN5O3S. The molecule has 184 valence electrons. The zero-order valence-electron chi connectivity index (χ0n) is 20.0. The van der Waals surface area contributed by atoms with Crippen LogP contribution < -0.4 is 10.2 Å². The third-order valence-electron chi connectivity index (χ3n) is 5.37. The monoisotopic (exact) mass is 513 g/mol. The minimum atomic E-state index is -0.516. The Balaban J connectivity index is 1.36. The molecule has 1 aliphatic rings. The average molecular weight is 514 g/mol. The molecule has 8 nitrogen and oxygen atoms in total. The van der Waals surface area contributed by atoms with Gasteiger partial charge in [0.2, 0.25) is 0 Å². The van der Waals surface area contributed by atoms with Crippen molar-refractivity contribution in [1.29, 1.82) is 0 Å². The van der Waals surface area contributed by atoms with Crippen molar-refractivity contribution >= 4 is 51.3 Å². The van der Waals surface area contributed by atoms with Crippen LogP contribution in [0.3, 0.4) is 0 Å². The van der Waals surface area contributed by atoms with Crippen molar-refractivity contribution in [3.63, 3.8) is 0 Å². The number of amides is 1. The molecular weight excluding hydrogens is 486 g/mol. The van der Waals surface area contributed by atoms with Gasteiger partial charge in [0.25, 0.3) is 0 Å². The van der Waals surface area contributed by atoms with E-state index in [1.807, 2.05) is 39.0 Å². The van der Waals surface area contributed by atoms with Crippen molar-refractivity contribution in [1.82, 2.24) is 14.9 Å². The van der Waals surface area contributed by atoms with Crippen LogP contribution in [0.15, 0.2) is 48.1 Å². The number of nitrogens with one attached hydrogen (secondary N) is 1. The number of hydrogen-bond acceptors (Lipinski definition) is 8. The van der Waals surface area contributed by atoms with Crippen LogP contribution in [0.5, 0.6) is 0 Å². The Morgan fingerprint density at radius 3 is 2.51 bits per heavy atom. The molecule has 10 heteroatoms. The van der Waals surface area contributed by atoms with Crippen molar-refractivity contribution in [3.05, 3.63) is 64.4 Å². The number of nitrogens with zero attached hydrogens (tertiary/aromatic N) is 4. The number of aromatic nitrogens is 2. The highest BCUT2D eigenvalue weighted by molar-refractivity contribution is 7.13. The molecule has 4 rings (SSSR count). The van der Waals surface area contributed by atoms with Crippen molar-refractivity contribution in [2.75, 3.05) is 36.4 Å². The van der Waals surface area contributed by atoms with E-state index in [1.165, 1.54) is 11.3 Å². The van der Waals surface area contributed by atoms with Gasteiger partial charge in [-0.05, 0) is 56.7 Å². The summed E-state index contributed by atoms with van der Waals surface area (Å²) in [6.45, 7) is 7.95. The number of pyridine rings is 1. The predicted molar refractivity (Wildman–Crippen MR) is 139 cm³/mol. The van der Waals surface area contributed by atoms with Crippen LogP contribution in [-0.2, 0) is 11.2 Å². The molecule has 1 N–H and O–H groups in total. The van der Waals surface area contributed by atoms with Crippen LogP contribution in [-0.4, -0.2) is 58.5 Å². The smallest absolute Gasteiger partial charge is 0.410 e. The fourth-order valence-electron chi connectivity index (χ4n) is 3.59. The van der Waals surface area contributed by atoms with E-state index in [-0.39, 0.29) is 18.3 Å². The number of hydrogen-bond donors (Lipinski definition) is 1. The molecule has 0 bridgehead atoms. The first-order chi connectivity index (χ1) is 16.7. The lowest BCUT2D eigenvalue weighted by Gasteiger charge is -2.35. The van der Waals surface area contributed by atoms with Gasteiger partial charge in [0.1, 0.15) is 11.3 Å². The molecule has 3 heterocycles. The highest BCUT2D eigenvalue weighted by atomic mass is 35.5. The Hall–Kier alpha value is -3.17. The summed E-state index contributed by atoms with van der Waals surface area (Å²) in [5.74, 6) is -0.0646. The second-order valence-electron chi connectivity index (χ2n) is 9.23. The van der Waals surface area contributed by atoms with Gasteiger partial charge >= 0.3 is 6.09 Å². The number of carbonyl (C=O) groups is 2. The minimum Gasteiger partial charge on any atom is -0.444 e. The topological polar surface area (TPSA) is 87.7 Å². The minimum absolute atomic E-state index is 0.0646. The first kappa shape index (κ1) is 24.9. The van der Waals surface area contributed by atoms with Crippen LogP contribution in [0.1, 0.15) is 36.8 Å². The van der Waals surface area contributed by atoms with E-state index in [1.54, 1.807) is 34.8 Å². The lowest BCUT2D eigenvalue weighted by atomic mass is 10.1. The van der Waals surface area contributed by atoms with Crippen molar-refractivity contribution < 1.29 is 14.3 Å². The number of thiazole rings is 1. The molecule has 1 aromatic carbocycles. The molecule has 0 atom stereocenters. The fraction of sp³-hybridized carbons (Fsp3) is 0.360. The number of ketones is 1. The summed E-state index contributed by atoms with van der Waals surface area (Å²) in [7, 11) is 0. The first-order valence-corrected chi connectivity index (χ1v) is 12.6. The van der Waals surface area contributed by atoms with E-state index in [0.29, 0.717) is 36.9 Å². The van der Waals surface area contributed by atoms with E-state index < -0.39 is 5.60 Å². The summed E-state index contributed by atoms with van der Waals surface area (Å²) in [6, 6.07) is 9.18. The molecule has 0 radical (unpaired) electrons. The van der Waals surface area contributed by atoms with Gasteiger partial charge in [-0.25, -0.2) is 9.78 Å². The Labute approximate surface area is 213 Å². The van der Waals surface area contributed by atoms with E-state index in [9.17, 15) is 9.59 Å². The molecule has 0 saturated carbocycles. The highest BCUT2D eigenvalue weighted by Crippen LogP contribution is 2.26. The van der Waals surface area contributed by atoms with Crippen LogP contribution in [0.4, 0.5) is 21.3 Å². The third kappa shape index (κ3) is 6.70. The van der Waals surface area contributed by atoms with E-state index in [4.69, 9.17) is 16.3 Å². The molecule has 3 aromatic rings. The normalized spacial score (nSPS) is 14.1. The standard InChI is InChI=1S/C25H28ClN5O3S/c1-25(2,3)34-24(33)31-12-10-30(11-13-31)23-29-21(16-35-23)22(32)14-17-8-9-27-15-20(17)28-19-6-4-18(26)5-7-19/h4-9,15-16,28H,10-14H2,1-3H3. The maximum Gasteiger partial charge on any atom is 0.410 e. The summed E-state index contributed by atoms with van der Waals surface area (Å²) in [5.41, 5.74) is 2.38. The Morgan fingerprint density at radius 2 is 1.83 bits per heavy atom. The summed E-state index contributed by atoms with van der Waals surface area (Å²) < 4.78 is 5.46. The van der Waals surface area contributed by atoms with Gasteiger partial charge in [-0.15, -0.1) is 11.3 Å². The first-order valence-electron chi connectivity index (χ1n) is 11.3. The number of rotatable bonds is 6. The van der Waals surface area contributed by atoms with Gasteiger partial charge in [-0.2, -0.15) is 0 Å². The van der Waals surface area contributed by atoms with Crippen LogP contribution in [0.2, 0.25) is 5.02 Å². The number of Topliss-reactive ketones (excluding diaryl/α,β-unsaturated/α-hetero) is 1. The van der Waals surface area contributed by atoms with Gasteiger partial charge < -0.3 is 19.9 Å². The van der Waals surface area contributed by atoms with E-state index in [2.05, 4.69) is 20.2 Å². The third-order valence-corrected chi connectivity index (χ3v) is 6.52. The molecule has 1 fully saturated rings. The lowest BCUT2D eigenvalue weighted by Crippen LogP contribution is -2.50. The summed E-state index contributed by atoms with van der Waals surface area (Å²) in [4.78, 5) is 37.9. The average Bonchev–Trinajstić information content (AvgIpc) is 3.31. The summed E-state index contributed by atoms with van der Waals surface area (Å²) in [6.07, 6.45) is 3.28. The number of halogens is 1. The molecule has 1 aliphatic heterocycles.